The molecule has 1 N–H and O–H groups in total. The van der Waals surface area contributed by atoms with E-state index in [0.717, 1.165) is 24.5 Å². The molecule has 2 nitrogen and oxygen atoms in total. The van der Waals surface area contributed by atoms with Crippen molar-refractivity contribution in [2.75, 3.05) is 13.1 Å². The summed E-state index contributed by atoms with van der Waals surface area (Å²) in [6.45, 7) is 14.4. The third-order valence-electron chi connectivity index (χ3n) is 5.92. The van der Waals surface area contributed by atoms with Crippen LogP contribution in [0.2, 0.25) is 0 Å². The molecule has 0 saturated heterocycles. The standard InChI is InChI=1S/C19H38N2/c1-6-20-18-17(11-13-19(18,4)5)21(14-12-15(2)3)16-9-7-8-10-16/h15-18,20H,6-14H2,1-5H3. The van der Waals surface area contributed by atoms with Gasteiger partial charge in [0.05, 0.1) is 0 Å². The quantitative estimate of drug-likeness (QED) is 0.746. The van der Waals surface area contributed by atoms with Gasteiger partial charge >= 0.3 is 0 Å². The van der Waals surface area contributed by atoms with Crippen molar-refractivity contribution < 1.29 is 0 Å². The zero-order chi connectivity index (χ0) is 15.5. The summed E-state index contributed by atoms with van der Waals surface area (Å²) in [7, 11) is 0. The van der Waals surface area contributed by atoms with E-state index in [1.54, 1.807) is 0 Å². The second kappa shape index (κ2) is 7.46. The van der Waals surface area contributed by atoms with E-state index in [1.165, 1.54) is 51.5 Å². The maximum Gasteiger partial charge on any atom is 0.0274 e. The van der Waals surface area contributed by atoms with Crippen molar-refractivity contribution in [2.24, 2.45) is 11.3 Å². The number of likely N-dealkylation sites (N-methyl/N-ethyl adjacent to an activating group) is 1. The minimum absolute atomic E-state index is 0.454. The van der Waals surface area contributed by atoms with Gasteiger partial charge in [0.1, 0.15) is 0 Å². The van der Waals surface area contributed by atoms with Crippen molar-refractivity contribution in [3.63, 3.8) is 0 Å². The molecular weight excluding hydrogens is 256 g/mol. The van der Waals surface area contributed by atoms with Crippen molar-refractivity contribution in [1.82, 2.24) is 10.2 Å². The fourth-order valence-corrected chi connectivity index (χ4v) is 4.61. The Balaban J connectivity index is 2.10. The minimum Gasteiger partial charge on any atom is -0.312 e. The highest BCUT2D eigenvalue weighted by Gasteiger charge is 2.45. The van der Waals surface area contributed by atoms with E-state index in [1.807, 2.05) is 0 Å². The largest absolute Gasteiger partial charge is 0.312 e. The summed E-state index contributed by atoms with van der Waals surface area (Å²) in [5.41, 5.74) is 0.454. The number of nitrogens with zero attached hydrogens (tertiary/aromatic N) is 1. The van der Waals surface area contributed by atoms with Gasteiger partial charge in [-0.1, -0.05) is 47.5 Å². The molecule has 2 fully saturated rings. The van der Waals surface area contributed by atoms with Crippen molar-refractivity contribution in [3.05, 3.63) is 0 Å². The van der Waals surface area contributed by atoms with E-state index >= 15 is 0 Å². The molecule has 0 radical (unpaired) electrons. The molecular formula is C19H38N2. The average Bonchev–Trinajstić information content (AvgIpc) is 3.02. The molecule has 2 aliphatic rings. The van der Waals surface area contributed by atoms with Crippen molar-refractivity contribution in [3.8, 4) is 0 Å². The van der Waals surface area contributed by atoms with Crippen LogP contribution in [0.4, 0.5) is 0 Å². The van der Waals surface area contributed by atoms with E-state index in [4.69, 9.17) is 0 Å². The molecule has 0 aromatic carbocycles. The molecule has 0 aliphatic heterocycles. The first-order valence-electron chi connectivity index (χ1n) is 9.45. The van der Waals surface area contributed by atoms with Gasteiger partial charge in [-0.05, 0) is 56.5 Å². The zero-order valence-electron chi connectivity index (χ0n) is 15.1. The van der Waals surface area contributed by atoms with Crippen LogP contribution in [-0.4, -0.2) is 36.1 Å². The Kier molecular flexibility index (Phi) is 6.14. The lowest BCUT2D eigenvalue weighted by Gasteiger charge is -2.41. The molecule has 2 atom stereocenters. The van der Waals surface area contributed by atoms with E-state index in [0.29, 0.717) is 11.5 Å². The minimum atomic E-state index is 0.454. The van der Waals surface area contributed by atoms with Crippen LogP contribution in [0.15, 0.2) is 0 Å². The van der Waals surface area contributed by atoms with Gasteiger partial charge in [0, 0.05) is 18.1 Å². The molecule has 2 unspecified atom stereocenters. The molecule has 2 saturated carbocycles. The predicted molar refractivity (Wildman–Crippen MR) is 92.7 cm³/mol. The van der Waals surface area contributed by atoms with E-state index in [-0.39, 0.29) is 0 Å². The lowest BCUT2D eigenvalue weighted by molar-refractivity contribution is 0.0954. The fourth-order valence-electron chi connectivity index (χ4n) is 4.61. The Labute approximate surface area is 133 Å². The van der Waals surface area contributed by atoms with Crippen molar-refractivity contribution >= 4 is 0 Å². The topological polar surface area (TPSA) is 15.3 Å². The summed E-state index contributed by atoms with van der Waals surface area (Å²) in [5, 5.41) is 3.83. The summed E-state index contributed by atoms with van der Waals surface area (Å²) in [5.74, 6) is 0.820. The monoisotopic (exact) mass is 294 g/mol. The highest BCUT2D eigenvalue weighted by molar-refractivity contribution is 5.02. The van der Waals surface area contributed by atoms with Crippen LogP contribution in [0.3, 0.4) is 0 Å². The Bertz CT molecular complexity index is 305. The van der Waals surface area contributed by atoms with Gasteiger partial charge in [0.2, 0.25) is 0 Å². The Morgan fingerprint density at radius 3 is 2.38 bits per heavy atom. The number of rotatable bonds is 7. The molecule has 21 heavy (non-hydrogen) atoms. The normalized spacial score (nSPS) is 29.9. The molecule has 0 spiro atoms. The second-order valence-electron chi connectivity index (χ2n) is 8.49. The molecule has 124 valence electrons. The highest BCUT2D eigenvalue weighted by Crippen LogP contribution is 2.42. The van der Waals surface area contributed by atoms with Gasteiger partial charge in [-0.3, -0.25) is 4.90 Å². The number of hydrogen-bond donors (Lipinski definition) is 1. The summed E-state index contributed by atoms with van der Waals surface area (Å²) in [6, 6.07) is 2.31. The van der Waals surface area contributed by atoms with Crippen molar-refractivity contribution in [2.45, 2.75) is 97.7 Å². The Morgan fingerprint density at radius 1 is 1.14 bits per heavy atom. The summed E-state index contributed by atoms with van der Waals surface area (Å²) in [6.07, 6.45) is 9.89. The molecule has 2 rings (SSSR count). The van der Waals surface area contributed by atoms with Gasteiger partial charge in [0.15, 0.2) is 0 Å². The average molecular weight is 295 g/mol. The first kappa shape index (κ1) is 17.3. The lowest BCUT2D eigenvalue weighted by atomic mass is 9.86. The molecule has 0 bridgehead atoms. The number of nitrogens with one attached hydrogen (secondary N) is 1. The van der Waals surface area contributed by atoms with E-state index < -0.39 is 0 Å². The molecule has 0 aromatic rings. The Morgan fingerprint density at radius 2 is 1.81 bits per heavy atom. The van der Waals surface area contributed by atoms with Crippen molar-refractivity contribution in [1.29, 1.82) is 0 Å². The van der Waals surface area contributed by atoms with Gasteiger partial charge < -0.3 is 5.32 Å². The van der Waals surface area contributed by atoms with Gasteiger partial charge in [0.25, 0.3) is 0 Å². The Hall–Kier alpha value is -0.0800. The molecule has 0 heterocycles. The first-order chi connectivity index (χ1) is 9.95. The molecule has 0 aromatic heterocycles. The smallest absolute Gasteiger partial charge is 0.0274 e. The zero-order valence-corrected chi connectivity index (χ0v) is 15.1. The van der Waals surface area contributed by atoms with Crippen LogP contribution in [0.5, 0.6) is 0 Å². The van der Waals surface area contributed by atoms with E-state index in [9.17, 15) is 0 Å². The lowest BCUT2D eigenvalue weighted by Crippen LogP contribution is -2.54. The van der Waals surface area contributed by atoms with E-state index in [2.05, 4.69) is 44.8 Å². The van der Waals surface area contributed by atoms with Crippen LogP contribution >= 0.6 is 0 Å². The van der Waals surface area contributed by atoms with Crippen LogP contribution in [0.1, 0.15) is 79.6 Å². The van der Waals surface area contributed by atoms with Gasteiger partial charge in [-0.15, -0.1) is 0 Å². The summed E-state index contributed by atoms with van der Waals surface area (Å²) in [4.78, 5) is 2.93. The highest BCUT2D eigenvalue weighted by atomic mass is 15.2. The third kappa shape index (κ3) is 4.22. The van der Waals surface area contributed by atoms with Crippen LogP contribution in [-0.2, 0) is 0 Å². The maximum absolute atomic E-state index is 3.83. The second-order valence-corrected chi connectivity index (χ2v) is 8.49. The summed E-state index contributed by atoms with van der Waals surface area (Å²) >= 11 is 0. The maximum atomic E-state index is 3.83. The SMILES string of the molecule is CCNC1C(N(CCC(C)C)C2CCCC2)CCC1(C)C. The third-order valence-corrected chi connectivity index (χ3v) is 5.92. The van der Waals surface area contributed by atoms with Crippen LogP contribution in [0, 0.1) is 11.3 Å². The molecule has 0 amide bonds. The first-order valence-corrected chi connectivity index (χ1v) is 9.45. The molecule has 2 heteroatoms. The van der Waals surface area contributed by atoms with Crippen LogP contribution < -0.4 is 5.32 Å². The summed E-state index contributed by atoms with van der Waals surface area (Å²) < 4.78 is 0. The number of hydrogen-bond acceptors (Lipinski definition) is 2. The van der Waals surface area contributed by atoms with Gasteiger partial charge in [-0.2, -0.15) is 0 Å². The van der Waals surface area contributed by atoms with Gasteiger partial charge in [-0.25, -0.2) is 0 Å². The molecule has 2 aliphatic carbocycles. The fraction of sp³-hybridized carbons (Fsp3) is 1.00. The van der Waals surface area contributed by atoms with Crippen LogP contribution in [0.25, 0.3) is 0 Å². The predicted octanol–water partition coefficient (Wildman–Crippen LogP) is 4.44.